The summed E-state index contributed by atoms with van der Waals surface area (Å²) in [6, 6.07) is 7.70. The van der Waals surface area contributed by atoms with E-state index in [1.807, 2.05) is 0 Å². The van der Waals surface area contributed by atoms with E-state index in [4.69, 9.17) is 0 Å². The molecule has 14 heavy (non-hydrogen) atoms. The number of benzene rings is 1. The Morgan fingerprint density at radius 2 is 1.86 bits per heavy atom. The smallest absolute Gasteiger partial charge is 0.241 e. The van der Waals surface area contributed by atoms with Crippen molar-refractivity contribution in [2.24, 2.45) is 0 Å². The molecule has 2 rings (SSSR count). The molecule has 0 aliphatic carbocycles. The predicted molar refractivity (Wildman–Crippen MR) is 45.6 cm³/mol. The number of fused-ring (bicyclic) bond motifs is 1. The van der Waals surface area contributed by atoms with Crippen LogP contribution in [-0.4, -0.2) is 4.98 Å². The molecule has 0 fully saturated rings. The predicted octanol–water partition coefficient (Wildman–Crippen LogP) is 3.05. The molecule has 0 saturated carbocycles. The Balaban J connectivity index is 2.63. The molecular weight excluding hydrogens is 191 g/mol. The van der Waals surface area contributed by atoms with Gasteiger partial charge in [-0.15, -0.1) is 0 Å². The minimum atomic E-state index is -4.40. The molecule has 0 amide bonds. The van der Waals surface area contributed by atoms with Crippen LogP contribution in [0.1, 0.15) is 5.69 Å². The molecule has 1 radical (unpaired) electrons. The first kappa shape index (κ1) is 8.99. The van der Waals surface area contributed by atoms with E-state index >= 15 is 0 Å². The first-order valence-electron chi connectivity index (χ1n) is 3.92. The standard InChI is InChI=1S/C10H5F3N/c11-10(12,13)9-5-7-3-1-2-4-8(7)6-14-9/h1-5H. The Hall–Kier alpha value is -1.58. The van der Waals surface area contributed by atoms with Gasteiger partial charge in [0.15, 0.2) is 0 Å². The van der Waals surface area contributed by atoms with E-state index in [1.165, 1.54) is 0 Å². The van der Waals surface area contributed by atoms with E-state index in [-0.39, 0.29) is 0 Å². The topological polar surface area (TPSA) is 12.9 Å². The van der Waals surface area contributed by atoms with Gasteiger partial charge < -0.3 is 0 Å². The van der Waals surface area contributed by atoms with Gasteiger partial charge in [0.25, 0.3) is 0 Å². The zero-order valence-electron chi connectivity index (χ0n) is 6.97. The van der Waals surface area contributed by atoms with Gasteiger partial charge in [-0.3, -0.25) is 0 Å². The summed E-state index contributed by atoms with van der Waals surface area (Å²) in [5, 5.41) is 1.08. The highest BCUT2D eigenvalue weighted by Gasteiger charge is 2.32. The molecule has 2 aromatic rings. The lowest BCUT2D eigenvalue weighted by Gasteiger charge is -2.05. The molecule has 0 aliphatic rings. The van der Waals surface area contributed by atoms with Gasteiger partial charge in [-0.1, -0.05) is 24.3 Å². The number of pyridine rings is 1. The van der Waals surface area contributed by atoms with Crippen LogP contribution in [0.25, 0.3) is 10.8 Å². The minimum absolute atomic E-state index is 0.495. The van der Waals surface area contributed by atoms with Crippen LogP contribution < -0.4 is 0 Å². The molecule has 71 valence electrons. The zero-order chi connectivity index (χ0) is 10.2. The van der Waals surface area contributed by atoms with Crippen LogP contribution in [0, 0.1) is 6.20 Å². The maximum absolute atomic E-state index is 12.2. The number of nitrogens with zero attached hydrogens (tertiary/aromatic N) is 1. The molecule has 1 aromatic heterocycles. The van der Waals surface area contributed by atoms with Gasteiger partial charge in [0, 0.05) is 5.39 Å². The molecule has 0 saturated heterocycles. The maximum Gasteiger partial charge on any atom is 0.433 e. The summed E-state index contributed by atoms with van der Waals surface area (Å²) in [5.41, 5.74) is -0.906. The molecular formula is C10H5F3N. The zero-order valence-corrected chi connectivity index (χ0v) is 6.97. The molecule has 1 nitrogen and oxygen atoms in total. The van der Waals surface area contributed by atoms with Gasteiger partial charge in [-0.2, -0.15) is 13.2 Å². The lowest BCUT2D eigenvalue weighted by Crippen LogP contribution is -2.07. The van der Waals surface area contributed by atoms with Gasteiger partial charge in [-0.25, -0.2) is 4.98 Å². The summed E-state index contributed by atoms with van der Waals surface area (Å²) in [4.78, 5) is 3.23. The maximum atomic E-state index is 12.2. The van der Waals surface area contributed by atoms with E-state index in [0.29, 0.717) is 10.8 Å². The van der Waals surface area contributed by atoms with Crippen molar-refractivity contribution in [1.82, 2.24) is 4.98 Å². The highest BCUT2D eigenvalue weighted by Crippen LogP contribution is 2.28. The van der Waals surface area contributed by atoms with Crippen molar-refractivity contribution in [3.63, 3.8) is 0 Å². The Kier molecular flexibility index (Phi) is 1.91. The minimum Gasteiger partial charge on any atom is -0.241 e. The monoisotopic (exact) mass is 196 g/mol. The second kappa shape index (κ2) is 2.97. The van der Waals surface area contributed by atoms with Gasteiger partial charge in [-0.05, 0) is 11.5 Å². The third-order valence-corrected chi connectivity index (χ3v) is 1.84. The normalized spacial score (nSPS) is 11.9. The van der Waals surface area contributed by atoms with Crippen LogP contribution in [0.3, 0.4) is 0 Å². The van der Waals surface area contributed by atoms with Crippen LogP contribution >= 0.6 is 0 Å². The van der Waals surface area contributed by atoms with Crippen molar-refractivity contribution in [2.45, 2.75) is 6.18 Å². The number of hydrogen-bond acceptors (Lipinski definition) is 1. The van der Waals surface area contributed by atoms with Gasteiger partial charge >= 0.3 is 6.18 Å². The van der Waals surface area contributed by atoms with Crippen LogP contribution in [0.4, 0.5) is 13.2 Å². The SMILES string of the molecule is FC(F)(F)c1cc2ccccc2[c]n1. The average molecular weight is 196 g/mol. The number of halogens is 3. The molecule has 1 heterocycles. The number of hydrogen-bond donors (Lipinski definition) is 0. The number of rotatable bonds is 0. The second-order valence-electron chi connectivity index (χ2n) is 2.84. The van der Waals surface area contributed by atoms with Crippen LogP contribution in [0.15, 0.2) is 30.3 Å². The largest absolute Gasteiger partial charge is 0.433 e. The van der Waals surface area contributed by atoms with Gasteiger partial charge in [0.05, 0.1) is 6.20 Å². The lowest BCUT2D eigenvalue weighted by molar-refractivity contribution is -0.141. The lowest BCUT2D eigenvalue weighted by atomic mass is 10.1. The molecule has 1 aromatic carbocycles. The van der Waals surface area contributed by atoms with E-state index < -0.39 is 11.9 Å². The van der Waals surface area contributed by atoms with Crippen molar-refractivity contribution in [2.75, 3.05) is 0 Å². The van der Waals surface area contributed by atoms with Gasteiger partial charge in [0.1, 0.15) is 5.69 Å². The molecule has 0 bridgehead atoms. The van der Waals surface area contributed by atoms with Gasteiger partial charge in [0.2, 0.25) is 0 Å². The molecule has 0 N–H and O–H groups in total. The number of aromatic nitrogens is 1. The molecule has 0 aliphatic heterocycles. The second-order valence-corrected chi connectivity index (χ2v) is 2.84. The first-order chi connectivity index (χ1) is 6.57. The fraction of sp³-hybridized carbons (Fsp3) is 0.100. The third-order valence-electron chi connectivity index (χ3n) is 1.84. The Morgan fingerprint density at radius 1 is 1.14 bits per heavy atom. The Morgan fingerprint density at radius 3 is 2.57 bits per heavy atom. The summed E-state index contributed by atoms with van der Waals surface area (Å²) in [6.45, 7) is 0. The van der Waals surface area contributed by atoms with Crippen LogP contribution in [-0.2, 0) is 6.18 Å². The fourth-order valence-electron chi connectivity index (χ4n) is 1.17. The molecule has 0 atom stereocenters. The Bertz CT molecular complexity index is 462. The van der Waals surface area contributed by atoms with Crippen molar-refractivity contribution < 1.29 is 13.2 Å². The van der Waals surface area contributed by atoms with Crippen molar-refractivity contribution in [1.29, 1.82) is 0 Å². The van der Waals surface area contributed by atoms with E-state index in [2.05, 4.69) is 11.2 Å². The van der Waals surface area contributed by atoms with E-state index in [0.717, 1.165) is 6.07 Å². The average Bonchev–Trinajstić information content (AvgIpc) is 2.16. The number of alkyl halides is 3. The highest BCUT2D eigenvalue weighted by molar-refractivity contribution is 5.81. The van der Waals surface area contributed by atoms with E-state index in [1.54, 1.807) is 24.3 Å². The summed E-state index contributed by atoms with van der Waals surface area (Å²) in [6.07, 6.45) is -2.05. The quantitative estimate of drug-likeness (QED) is 0.631. The molecule has 0 spiro atoms. The highest BCUT2D eigenvalue weighted by atomic mass is 19.4. The van der Waals surface area contributed by atoms with Crippen molar-refractivity contribution >= 4 is 10.8 Å². The fourth-order valence-corrected chi connectivity index (χ4v) is 1.17. The van der Waals surface area contributed by atoms with Crippen molar-refractivity contribution in [3.8, 4) is 0 Å². The molecule has 4 heteroatoms. The first-order valence-corrected chi connectivity index (χ1v) is 3.92. The third kappa shape index (κ3) is 1.55. The van der Waals surface area contributed by atoms with E-state index in [9.17, 15) is 13.2 Å². The summed E-state index contributed by atoms with van der Waals surface area (Å²) in [5.74, 6) is 0. The summed E-state index contributed by atoms with van der Waals surface area (Å²) < 4.78 is 36.7. The van der Waals surface area contributed by atoms with Crippen molar-refractivity contribution in [3.05, 3.63) is 42.2 Å². The Labute approximate surface area is 78.2 Å². The van der Waals surface area contributed by atoms with Crippen LogP contribution in [0.2, 0.25) is 0 Å². The van der Waals surface area contributed by atoms with Crippen LogP contribution in [0.5, 0.6) is 0 Å². The summed E-state index contributed by atoms with van der Waals surface area (Å²) >= 11 is 0. The summed E-state index contributed by atoms with van der Waals surface area (Å²) in [7, 11) is 0. The molecule has 0 unspecified atom stereocenters.